The standard InChI is InChI=1S/C19H23NO/c1-13(2)11-15-12-16(14-7-4-3-5-8-14)19-17(20-15)9-6-10-18(19)21/h3-5,7-8,12-13,16,20H,6,9-11H2,1-2H3. The smallest absolute Gasteiger partial charge is 0.161 e. The second-order valence-electron chi connectivity index (χ2n) is 6.47. The largest absolute Gasteiger partial charge is 0.362 e. The van der Waals surface area contributed by atoms with Crippen LogP contribution in [-0.2, 0) is 4.79 Å². The molecule has 0 bridgehead atoms. The highest BCUT2D eigenvalue weighted by molar-refractivity contribution is 5.99. The van der Waals surface area contributed by atoms with Gasteiger partial charge >= 0.3 is 0 Å². The van der Waals surface area contributed by atoms with Gasteiger partial charge in [-0.1, -0.05) is 50.3 Å². The zero-order valence-corrected chi connectivity index (χ0v) is 12.9. The Morgan fingerprint density at radius 3 is 2.67 bits per heavy atom. The molecule has 2 aliphatic rings. The zero-order chi connectivity index (χ0) is 14.8. The third-order valence-corrected chi connectivity index (χ3v) is 4.23. The molecule has 1 aliphatic carbocycles. The summed E-state index contributed by atoms with van der Waals surface area (Å²) in [6.45, 7) is 4.46. The minimum Gasteiger partial charge on any atom is -0.362 e. The highest BCUT2D eigenvalue weighted by atomic mass is 16.1. The second kappa shape index (κ2) is 5.88. The molecule has 1 aliphatic heterocycles. The molecule has 1 atom stereocenters. The third-order valence-electron chi connectivity index (χ3n) is 4.23. The van der Waals surface area contributed by atoms with Crippen molar-refractivity contribution in [2.45, 2.75) is 45.4 Å². The molecule has 1 unspecified atom stereocenters. The van der Waals surface area contributed by atoms with Gasteiger partial charge in [0.1, 0.15) is 0 Å². The molecule has 0 saturated heterocycles. The van der Waals surface area contributed by atoms with Gasteiger partial charge in [0, 0.05) is 29.3 Å². The summed E-state index contributed by atoms with van der Waals surface area (Å²) in [6.07, 6.45) is 5.96. The lowest BCUT2D eigenvalue weighted by molar-refractivity contribution is -0.116. The van der Waals surface area contributed by atoms with Crippen LogP contribution < -0.4 is 5.32 Å². The zero-order valence-electron chi connectivity index (χ0n) is 12.9. The molecular formula is C19H23NO. The van der Waals surface area contributed by atoms with Crippen LogP contribution in [0.3, 0.4) is 0 Å². The van der Waals surface area contributed by atoms with Gasteiger partial charge in [0.05, 0.1) is 0 Å². The van der Waals surface area contributed by atoms with Crippen LogP contribution in [0.4, 0.5) is 0 Å². The fraction of sp³-hybridized carbons (Fsp3) is 0.421. The number of benzene rings is 1. The van der Waals surface area contributed by atoms with Crippen molar-refractivity contribution in [2.24, 2.45) is 5.92 Å². The summed E-state index contributed by atoms with van der Waals surface area (Å²) >= 11 is 0. The average molecular weight is 281 g/mol. The quantitative estimate of drug-likeness (QED) is 0.894. The molecule has 1 heterocycles. The van der Waals surface area contributed by atoms with E-state index in [0.717, 1.165) is 24.8 Å². The fourth-order valence-electron chi connectivity index (χ4n) is 3.36. The Labute approximate surface area is 126 Å². The van der Waals surface area contributed by atoms with Crippen LogP contribution in [0.5, 0.6) is 0 Å². The van der Waals surface area contributed by atoms with E-state index in [9.17, 15) is 4.79 Å². The van der Waals surface area contributed by atoms with Crippen LogP contribution in [0.25, 0.3) is 0 Å². The van der Waals surface area contributed by atoms with E-state index >= 15 is 0 Å². The molecule has 3 rings (SSSR count). The second-order valence-corrected chi connectivity index (χ2v) is 6.47. The van der Waals surface area contributed by atoms with Crippen molar-refractivity contribution in [2.75, 3.05) is 0 Å². The van der Waals surface area contributed by atoms with Gasteiger partial charge in [0.15, 0.2) is 5.78 Å². The number of dihydropyridines is 1. The molecule has 21 heavy (non-hydrogen) atoms. The van der Waals surface area contributed by atoms with Gasteiger partial charge in [-0.05, 0) is 30.7 Å². The van der Waals surface area contributed by atoms with Gasteiger partial charge < -0.3 is 5.32 Å². The van der Waals surface area contributed by atoms with Gasteiger partial charge in [-0.25, -0.2) is 0 Å². The molecule has 0 saturated carbocycles. The van der Waals surface area contributed by atoms with E-state index in [1.807, 2.05) is 6.07 Å². The minimum absolute atomic E-state index is 0.129. The van der Waals surface area contributed by atoms with Crippen LogP contribution in [0.2, 0.25) is 0 Å². The lowest BCUT2D eigenvalue weighted by Gasteiger charge is -2.32. The van der Waals surface area contributed by atoms with Crippen molar-refractivity contribution in [3.63, 3.8) is 0 Å². The molecular weight excluding hydrogens is 258 g/mol. The van der Waals surface area contributed by atoms with Crippen LogP contribution in [0.1, 0.15) is 51.0 Å². The Bertz CT molecular complexity index is 595. The fourth-order valence-corrected chi connectivity index (χ4v) is 3.36. The molecule has 2 heteroatoms. The minimum atomic E-state index is 0.129. The average Bonchev–Trinajstić information content (AvgIpc) is 2.47. The maximum absolute atomic E-state index is 12.4. The maximum Gasteiger partial charge on any atom is 0.161 e. The van der Waals surface area contributed by atoms with E-state index in [4.69, 9.17) is 0 Å². The van der Waals surface area contributed by atoms with Gasteiger partial charge in [-0.3, -0.25) is 4.79 Å². The Kier molecular flexibility index (Phi) is 3.96. The molecule has 1 aromatic rings. The van der Waals surface area contributed by atoms with Crippen molar-refractivity contribution in [3.05, 3.63) is 58.9 Å². The number of hydrogen-bond donors (Lipinski definition) is 1. The lowest BCUT2D eigenvalue weighted by Crippen LogP contribution is -2.29. The van der Waals surface area contributed by atoms with Crippen LogP contribution in [-0.4, -0.2) is 5.78 Å². The number of rotatable bonds is 3. The molecule has 1 aromatic carbocycles. The summed E-state index contributed by atoms with van der Waals surface area (Å²) in [7, 11) is 0. The number of Topliss-reactive ketones (excluding diaryl/α,β-unsaturated/α-hetero) is 1. The molecule has 0 radical (unpaired) electrons. The molecule has 110 valence electrons. The van der Waals surface area contributed by atoms with Gasteiger partial charge in [0.2, 0.25) is 0 Å². The van der Waals surface area contributed by atoms with Gasteiger partial charge in [-0.15, -0.1) is 0 Å². The van der Waals surface area contributed by atoms with Crippen LogP contribution in [0, 0.1) is 5.92 Å². The van der Waals surface area contributed by atoms with Crippen molar-refractivity contribution in [1.29, 1.82) is 0 Å². The van der Waals surface area contributed by atoms with E-state index in [-0.39, 0.29) is 5.92 Å². The third kappa shape index (κ3) is 2.94. The molecule has 0 amide bonds. The molecule has 0 aromatic heterocycles. The Hall–Kier alpha value is -1.83. The first-order valence-corrected chi connectivity index (χ1v) is 7.94. The molecule has 2 nitrogen and oxygen atoms in total. The number of carbonyl (C=O) groups is 1. The highest BCUT2D eigenvalue weighted by Gasteiger charge is 2.31. The van der Waals surface area contributed by atoms with Crippen LogP contribution in [0.15, 0.2) is 53.4 Å². The van der Waals surface area contributed by atoms with E-state index in [0.29, 0.717) is 18.1 Å². The van der Waals surface area contributed by atoms with E-state index in [2.05, 4.69) is 49.5 Å². The molecule has 0 fully saturated rings. The molecule has 1 N–H and O–H groups in total. The van der Waals surface area contributed by atoms with Crippen molar-refractivity contribution in [3.8, 4) is 0 Å². The van der Waals surface area contributed by atoms with E-state index in [1.165, 1.54) is 17.0 Å². The number of allylic oxidation sites excluding steroid dienone is 4. The first kappa shape index (κ1) is 14.1. The van der Waals surface area contributed by atoms with Crippen molar-refractivity contribution < 1.29 is 4.79 Å². The predicted octanol–water partition coefficient (Wildman–Crippen LogP) is 4.31. The van der Waals surface area contributed by atoms with E-state index in [1.54, 1.807) is 0 Å². The summed E-state index contributed by atoms with van der Waals surface area (Å²) in [5.74, 6) is 1.06. The number of ketones is 1. The van der Waals surface area contributed by atoms with Crippen LogP contribution >= 0.6 is 0 Å². The first-order chi connectivity index (χ1) is 10.1. The molecule has 0 spiro atoms. The highest BCUT2D eigenvalue weighted by Crippen LogP contribution is 2.38. The first-order valence-electron chi connectivity index (χ1n) is 7.94. The Morgan fingerprint density at radius 2 is 1.95 bits per heavy atom. The number of hydrogen-bond acceptors (Lipinski definition) is 2. The normalized spacial score (nSPS) is 22.0. The van der Waals surface area contributed by atoms with Crippen molar-refractivity contribution >= 4 is 5.78 Å². The Balaban J connectivity index is 2.01. The maximum atomic E-state index is 12.4. The van der Waals surface area contributed by atoms with Gasteiger partial charge in [0.25, 0.3) is 0 Å². The SMILES string of the molecule is CC(C)CC1=CC(c2ccccc2)C2=C(CCCC2=O)N1. The summed E-state index contributed by atoms with van der Waals surface area (Å²) in [4.78, 5) is 12.4. The Morgan fingerprint density at radius 1 is 1.19 bits per heavy atom. The summed E-state index contributed by atoms with van der Waals surface area (Å²) in [5, 5.41) is 3.54. The van der Waals surface area contributed by atoms with Gasteiger partial charge in [-0.2, -0.15) is 0 Å². The number of carbonyl (C=O) groups excluding carboxylic acids is 1. The summed E-state index contributed by atoms with van der Waals surface area (Å²) in [5.41, 5.74) is 4.66. The van der Waals surface area contributed by atoms with Crippen molar-refractivity contribution in [1.82, 2.24) is 5.32 Å². The summed E-state index contributed by atoms with van der Waals surface area (Å²) in [6, 6.07) is 10.4. The number of nitrogens with one attached hydrogen (secondary N) is 1. The predicted molar refractivity (Wildman–Crippen MR) is 85.7 cm³/mol. The lowest BCUT2D eigenvalue weighted by atomic mass is 9.79. The monoisotopic (exact) mass is 281 g/mol. The van der Waals surface area contributed by atoms with E-state index < -0.39 is 0 Å². The topological polar surface area (TPSA) is 29.1 Å². The summed E-state index contributed by atoms with van der Waals surface area (Å²) < 4.78 is 0.